The van der Waals surface area contributed by atoms with E-state index in [1.54, 1.807) is 0 Å². The molecule has 0 rings (SSSR count). The highest BCUT2D eigenvalue weighted by molar-refractivity contribution is 4.61. The maximum atomic E-state index is 10.0. The van der Waals surface area contributed by atoms with Crippen molar-refractivity contribution in [2.75, 3.05) is 33.7 Å². The monoisotopic (exact) mass is 217 g/mol. The third-order valence-corrected chi connectivity index (χ3v) is 2.56. The molecular formula is C10H23N3O2. The number of rotatable bonds is 9. The summed E-state index contributed by atoms with van der Waals surface area (Å²) in [6, 6.07) is 0.580. The molecule has 0 saturated heterocycles. The minimum Gasteiger partial charge on any atom is -0.317 e. The maximum Gasteiger partial charge on any atom is 0.203 e. The summed E-state index contributed by atoms with van der Waals surface area (Å²) >= 11 is 0. The van der Waals surface area contributed by atoms with Crippen molar-refractivity contribution < 1.29 is 4.92 Å². The van der Waals surface area contributed by atoms with Crippen LogP contribution in [0.3, 0.4) is 0 Å². The number of nitro groups is 1. The highest BCUT2D eigenvalue weighted by atomic mass is 16.6. The van der Waals surface area contributed by atoms with Crippen molar-refractivity contribution in [3.05, 3.63) is 10.1 Å². The predicted molar refractivity (Wildman–Crippen MR) is 61.7 cm³/mol. The van der Waals surface area contributed by atoms with Gasteiger partial charge in [0.05, 0.1) is 0 Å². The Bertz CT molecular complexity index is 174. The van der Waals surface area contributed by atoms with Gasteiger partial charge in [-0.1, -0.05) is 0 Å². The van der Waals surface area contributed by atoms with E-state index in [9.17, 15) is 10.1 Å². The second-order valence-electron chi connectivity index (χ2n) is 4.11. The minimum absolute atomic E-state index is 0.0930. The van der Waals surface area contributed by atoms with E-state index >= 15 is 0 Å². The van der Waals surface area contributed by atoms with E-state index in [-0.39, 0.29) is 11.5 Å². The zero-order valence-corrected chi connectivity index (χ0v) is 10.0. The molecule has 0 aromatic carbocycles. The molecule has 1 unspecified atom stereocenters. The standard InChI is InChI=1S/C10H23N3O2/c1-10(12(2)3)6-8-11-7-4-5-9-13(14)15/h10-11H,4-9H2,1-3H3. The molecule has 0 amide bonds. The lowest BCUT2D eigenvalue weighted by Gasteiger charge is -2.19. The molecule has 5 heteroatoms. The summed E-state index contributed by atoms with van der Waals surface area (Å²) in [5.74, 6) is 0. The molecule has 0 aromatic rings. The summed E-state index contributed by atoms with van der Waals surface area (Å²) in [7, 11) is 4.14. The Hall–Kier alpha value is -0.680. The van der Waals surface area contributed by atoms with Crippen LogP contribution in [0, 0.1) is 10.1 Å². The van der Waals surface area contributed by atoms with E-state index in [1.165, 1.54) is 0 Å². The highest BCUT2D eigenvalue weighted by Crippen LogP contribution is 1.96. The van der Waals surface area contributed by atoms with Crippen LogP contribution in [0.2, 0.25) is 0 Å². The topological polar surface area (TPSA) is 58.4 Å². The molecule has 15 heavy (non-hydrogen) atoms. The van der Waals surface area contributed by atoms with Crippen LogP contribution in [0.25, 0.3) is 0 Å². The first-order valence-corrected chi connectivity index (χ1v) is 5.53. The third-order valence-electron chi connectivity index (χ3n) is 2.56. The van der Waals surface area contributed by atoms with Crippen LogP contribution < -0.4 is 5.32 Å². The second kappa shape index (κ2) is 8.61. The van der Waals surface area contributed by atoms with Crippen molar-refractivity contribution in [3.8, 4) is 0 Å². The van der Waals surface area contributed by atoms with E-state index in [1.807, 2.05) is 0 Å². The van der Waals surface area contributed by atoms with Gasteiger partial charge < -0.3 is 10.2 Å². The first-order valence-electron chi connectivity index (χ1n) is 5.53. The molecule has 0 aromatic heterocycles. The smallest absolute Gasteiger partial charge is 0.203 e. The van der Waals surface area contributed by atoms with Crippen LogP contribution in [0.1, 0.15) is 26.2 Å². The average molecular weight is 217 g/mol. The number of hydrogen-bond donors (Lipinski definition) is 1. The Morgan fingerprint density at radius 2 is 2.00 bits per heavy atom. The summed E-state index contributed by atoms with van der Waals surface area (Å²) in [6.45, 7) is 4.15. The van der Waals surface area contributed by atoms with E-state index in [4.69, 9.17) is 0 Å². The van der Waals surface area contributed by atoms with Gasteiger partial charge >= 0.3 is 0 Å². The first-order chi connectivity index (χ1) is 7.04. The molecule has 0 aliphatic carbocycles. The van der Waals surface area contributed by atoms with Gasteiger partial charge in [-0.25, -0.2) is 0 Å². The summed E-state index contributed by atoms with van der Waals surface area (Å²) in [4.78, 5) is 12.0. The Morgan fingerprint density at radius 1 is 1.33 bits per heavy atom. The summed E-state index contributed by atoms with van der Waals surface area (Å²) in [6.07, 6.45) is 2.67. The molecule has 0 fully saturated rings. The van der Waals surface area contributed by atoms with Gasteiger partial charge in [0.15, 0.2) is 0 Å². The van der Waals surface area contributed by atoms with Gasteiger partial charge in [0.1, 0.15) is 0 Å². The van der Waals surface area contributed by atoms with Gasteiger partial charge in [0, 0.05) is 17.4 Å². The van der Waals surface area contributed by atoms with Crippen LogP contribution in [0.4, 0.5) is 0 Å². The molecule has 0 aliphatic heterocycles. The molecular weight excluding hydrogens is 194 g/mol. The van der Waals surface area contributed by atoms with E-state index < -0.39 is 0 Å². The van der Waals surface area contributed by atoms with Gasteiger partial charge in [0.25, 0.3) is 0 Å². The predicted octanol–water partition coefficient (Wildman–Crippen LogP) is 0.973. The van der Waals surface area contributed by atoms with Crippen LogP contribution >= 0.6 is 0 Å². The number of nitrogens with zero attached hydrogens (tertiary/aromatic N) is 2. The molecule has 1 N–H and O–H groups in total. The largest absolute Gasteiger partial charge is 0.317 e. The molecule has 0 radical (unpaired) electrons. The van der Waals surface area contributed by atoms with Crippen molar-refractivity contribution in [1.29, 1.82) is 0 Å². The zero-order chi connectivity index (χ0) is 11.7. The molecule has 0 aliphatic rings. The Kier molecular flexibility index (Phi) is 8.22. The van der Waals surface area contributed by atoms with Crippen molar-refractivity contribution in [3.63, 3.8) is 0 Å². The molecule has 5 nitrogen and oxygen atoms in total. The van der Waals surface area contributed by atoms with Crippen molar-refractivity contribution in [2.24, 2.45) is 0 Å². The lowest BCUT2D eigenvalue weighted by Crippen LogP contribution is -2.29. The van der Waals surface area contributed by atoms with Crippen molar-refractivity contribution in [1.82, 2.24) is 10.2 Å². The normalized spacial score (nSPS) is 13.1. The summed E-state index contributed by atoms with van der Waals surface area (Å²) < 4.78 is 0. The lowest BCUT2D eigenvalue weighted by molar-refractivity contribution is -0.480. The Labute approximate surface area is 92.0 Å². The molecule has 0 saturated carbocycles. The SMILES string of the molecule is CC(CCNCCCC[N+](=O)[O-])N(C)C. The number of unbranched alkanes of at least 4 members (excludes halogenated alkanes) is 1. The maximum absolute atomic E-state index is 10.0. The van der Waals surface area contributed by atoms with Crippen molar-refractivity contribution >= 4 is 0 Å². The van der Waals surface area contributed by atoms with E-state index in [0.717, 1.165) is 25.9 Å². The fourth-order valence-electron chi connectivity index (χ4n) is 1.19. The molecule has 0 heterocycles. The van der Waals surface area contributed by atoms with Gasteiger partial charge in [-0.2, -0.15) is 0 Å². The Morgan fingerprint density at radius 3 is 2.53 bits per heavy atom. The number of nitrogens with one attached hydrogen (secondary N) is 1. The Balaban J connectivity index is 3.15. The molecule has 90 valence electrons. The number of hydrogen-bond acceptors (Lipinski definition) is 4. The van der Waals surface area contributed by atoms with Crippen LogP contribution in [-0.4, -0.2) is 49.6 Å². The quantitative estimate of drug-likeness (QED) is 0.355. The average Bonchev–Trinajstić information content (AvgIpc) is 2.15. The summed E-state index contributed by atoms with van der Waals surface area (Å²) in [5, 5.41) is 13.3. The van der Waals surface area contributed by atoms with Gasteiger partial charge in [-0.3, -0.25) is 10.1 Å². The second-order valence-corrected chi connectivity index (χ2v) is 4.11. The van der Waals surface area contributed by atoms with Crippen LogP contribution in [0.5, 0.6) is 0 Å². The zero-order valence-electron chi connectivity index (χ0n) is 10.0. The van der Waals surface area contributed by atoms with E-state index in [2.05, 4.69) is 31.2 Å². The third kappa shape index (κ3) is 9.62. The summed E-state index contributed by atoms with van der Waals surface area (Å²) in [5.41, 5.74) is 0. The molecule has 0 bridgehead atoms. The fourth-order valence-corrected chi connectivity index (χ4v) is 1.19. The lowest BCUT2D eigenvalue weighted by atomic mass is 10.2. The molecule has 0 spiro atoms. The first kappa shape index (κ1) is 14.3. The fraction of sp³-hybridized carbons (Fsp3) is 1.00. The van der Waals surface area contributed by atoms with Gasteiger partial charge in [-0.05, 0) is 47.0 Å². The van der Waals surface area contributed by atoms with Gasteiger partial charge in [0.2, 0.25) is 6.54 Å². The molecule has 1 atom stereocenters. The minimum atomic E-state index is -0.256. The van der Waals surface area contributed by atoms with Crippen LogP contribution in [-0.2, 0) is 0 Å². The van der Waals surface area contributed by atoms with Crippen LogP contribution in [0.15, 0.2) is 0 Å². The van der Waals surface area contributed by atoms with Gasteiger partial charge in [-0.15, -0.1) is 0 Å². The highest BCUT2D eigenvalue weighted by Gasteiger charge is 2.02. The van der Waals surface area contributed by atoms with E-state index in [0.29, 0.717) is 12.5 Å². The van der Waals surface area contributed by atoms with Crippen molar-refractivity contribution in [2.45, 2.75) is 32.2 Å².